The molecule has 23 heavy (non-hydrogen) atoms. The number of amides is 1. The van der Waals surface area contributed by atoms with Crippen LogP contribution in [0.1, 0.15) is 24.2 Å². The van der Waals surface area contributed by atoms with Crippen LogP contribution in [0.15, 0.2) is 30.3 Å². The highest BCUT2D eigenvalue weighted by atomic mass is 32.2. The molecule has 128 valence electrons. The van der Waals surface area contributed by atoms with Crippen LogP contribution in [-0.4, -0.2) is 68.0 Å². The van der Waals surface area contributed by atoms with Gasteiger partial charge >= 0.3 is 0 Å². The Morgan fingerprint density at radius 3 is 2.39 bits per heavy atom. The van der Waals surface area contributed by atoms with E-state index in [-0.39, 0.29) is 24.2 Å². The molecule has 0 bridgehead atoms. The van der Waals surface area contributed by atoms with Gasteiger partial charge in [0.25, 0.3) is 5.91 Å². The zero-order valence-electron chi connectivity index (χ0n) is 13.7. The Hall–Kier alpha value is -1.44. The highest BCUT2D eigenvalue weighted by Crippen LogP contribution is 2.10. The molecule has 1 aliphatic rings. The molecule has 0 spiro atoms. The molecule has 0 saturated carbocycles. The number of hydrogen-bond donors (Lipinski definition) is 1. The average Bonchev–Trinajstić information content (AvgIpc) is 2.56. The molecular formula is C16H25N3O3S. The molecule has 0 atom stereocenters. The van der Waals surface area contributed by atoms with Gasteiger partial charge in [0.15, 0.2) is 0 Å². The maximum Gasteiger partial charge on any atom is 0.254 e. The molecule has 0 unspecified atom stereocenters. The Morgan fingerprint density at radius 2 is 1.83 bits per heavy atom. The fraction of sp³-hybridized carbons (Fsp3) is 0.562. The van der Waals surface area contributed by atoms with Crippen molar-refractivity contribution >= 4 is 15.9 Å². The van der Waals surface area contributed by atoms with E-state index in [1.807, 2.05) is 32.0 Å². The zero-order valence-corrected chi connectivity index (χ0v) is 14.6. The molecule has 1 heterocycles. The van der Waals surface area contributed by atoms with Gasteiger partial charge in [-0.05, 0) is 26.0 Å². The van der Waals surface area contributed by atoms with Crippen molar-refractivity contribution < 1.29 is 13.2 Å². The predicted molar refractivity (Wildman–Crippen MR) is 90.8 cm³/mol. The molecule has 0 radical (unpaired) electrons. The molecule has 1 aromatic rings. The van der Waals surface area contributed by atoms with Crippen molar-refractivity contribution in [2.75, 3.05) is 38.5 Å². The summed E-state index contributed by atoms with van der Waals surface area (Å²) in [5.41, 5.74) is 0.584. The first-order valence-corrected chi connectivity index (χ1v) is 9.57. The lowest BCUT2D eigenvalue weighted by atomic mass is 10.2. The predicted octanol–water partition coefficient (Wildman–Crippen LogP) is 0.772. The second kappa shape index (κ2) is 7.90. The summed E-state index contributed by atoms with van der Waals surface area (Å²) in [6.45, 7) is 6.35. The summed E-state index contributed by atoms with van der Waals surface area (Å²) in [7, 11) is -3.33. The number of carbonyl (C=O) groups excluding carboxylic acids is 1. The minimum atomic E-state index is -3.33. The first-order valence-electron chi connectivity index (χ1n) is 7.96. The van der Waals surface area contributed by atoms with Crippen molar-refractivity contribution in [3.8, 4) is 0 Å². The molecular weight excluding hydrogens is 314 g/mol. The first kappa shape index (κ1) is 17.9. The van der Waals surface area contributed by atoms with Crippen molar-refractivity contribution in [2.45, 2.75) is 19.9 Å². The largest absolute Gasteiger partial charge is 0.335 e. The number of nitrogens with zero attached hydrogens (tertiary/aromatic N) is 2. The molecule has 1 aromatic carbocycles. The molecule has 7 heteroatoms. The smallest absolute Gasteiger partial charge is 0.254 e. The lowest BCUT2D eigenvalue weighted by Crippen LogP contribution is -2.49. The Kier molecular flexibility index (Phi) is 6.15. The third kappa shape index (κ3) is 4.76. The third-order valence-corrected chi connectivity index (χ3v) is 5.81. The van der Waals surface area contributed by atoms with Gasteiger partial charge in [0.05, 0.1) is 5.75 Å². The van der Waals surface area contributed by atoms with Gasteiger partial charge in [-0.15, -0.1) is 0 Å². The van der Waals surface area contributed by atoms with Crippen LogP contribution in [0.3, 0.4) is 0 Å². The number of hydrogen-bond acceptors (Lipinski definition) is 4. The van der Waals surface area contributed by atoms with E-state index >= 15 is 0 Å². The maximum atomic E-state index is 12.6. The Morgan fingerprint density at radius 1 is 1.22 bits per heavy atom. The van der Waals surface area contributed by atoms with Crippen LogP contribution in [0.5, 0.6) is 0 Å². The normalized spacial score (nSPS) is 16.5. The van der Waals surface area contributed by atoms with Gasteiger partial charge in [0.2, 0.25) is 10.0 Å². The Balaban J connectivity index is 2.04. The summed E-state index contributed by atoms with van der Waals surface area (Å²) in [5.74, 6) is -0.167. The summed E-state index contributed by atoms with van der Waals surface area (Å²) in [6, 6.07) is 8.92. The van der Waals surface area contributed by atoms with Crippen molar-refractivity contribution in [3.63, 3.8) is 0 Å². The molecule has 1 fully saturated rings. The zero-order chi connectivity index (χ0) is 16.9. The Bertz CT molecular complexity index is 611. The van der Waals surface area contributed by atoms with Gasteiger partial charge < -0.3 is 10.2 Å². The van der Waals surface area contributed by atoms with E-state index < -0.39 is 10.0 Å². The van der Waals surface area contributed by atoms with Gasteiger partial charge in [-0.1, -0.05) is 18.2 Å². The summed E-state index contributed by atoms with van der Waals surface area (Å²) in [5, 5.41) is 3.14. The number of benzene rings is 1. The second-order valence-electron chi connectivity index (χ2n) is 5.92. The minimum Gasteiger partial charge on any atom is -0.335 e. The third-order valence-electron chi connectivity index (χ3n) is 3.96. The number of sulfonamides is 1. The summed E-state index contributed by atoms with van der Waals surface area (Å²) >= 11 is 0. The monoisotopic (exact) mass is 339 g/mol. The number of nitrogens with one attached hydrogen (secondary N) is 1. The van der Waals surface area contributed by atoms with Crippen molar-refractivity contribution in [3.05, 3.63) is 35.9 Å². The highest BCUT2D eigenvalue weighted by Gasteiger charge is 2.26. The summed E-state index contributed by atoms with van der Waals surface area (Å²) in [6.07, 6.45) is 0. The van der Waals surface area contributed by atoms with Crippen LogP contribution in [0, 0.1) is 0 Å². The van der Waals surface area contributed by atoms with Gasteiger partial charge in [0.1, 0.15) is 0 Å². The lowest BCUT2D eigenvalue weighted by Gasteiger charge is -2.30. The Labute approximate surface area is 138 Å². The molecule has 1 amide bonds. The van der Waals surface area contributed by atoms with Crippen LogP contribution >= 0.6 is 0 Å². The summed E-state index contributed by atoms with van der Waals surface area (Å²) < 4.78 is 26.4. The van der Waals surface area contributed by atoms with E-state index in [2.05, 4.69) is 5.32 Å². The number of carbonyl (C=O) groups is 1. The standard InChI is InChI=1S/C16H25N3O3S/c1-14(2)19(16(20)15-6-4-3-5-7-15)12-13-23(21,22)18-10-8-17-9-11-18/h3-7,14,17H,8-13H2,1-2H3. The van der Waals surface area contributed by atoms with Crippen molar-refractivity contribution in [1.29, 1.82) is 0 Å². The molecule has 6 nitrogen and oxygen atoms in total. The number of rotatable bonds is 6. The van der Waals surface area contributed by atoms with E-state index in [9.17, 15) is 13.2 Å². The van der Waals surface area contributed by atoms with E-state index in [1.165, 1.54) is 4.31 Å². The van der Waals surface area contributed by atoms with E-state index in [1.54, 1.807) is 17.0 Å². The van der Waals surface area contributed by atoms with Gasteiger partial charge in [-0.3, -0.25) is 4.79 Å². The highest BCUT2D eigenvalue weighted by molar-refractivity contribution is 7.89. The van der Waals surface area contributed by atoms with Gasteiger partial charge in [0, 0.05) is 44.3 Å². The van der Waals surface area contributed by atoms with E-state index in [0.29, 0.717) is 31.7 Å². The van der Waals surface area contributed by atoms with Crippen LogP contribution in [0.25, 0.3) is 0 Å². The van der Waals surface area contributed by atoms with Gasteiger partial charge in [-0.25, -0.2) is 8.42 Å². The topological polar surface area (TPSA) is 69.7 Å². The fourth-order valence-electron chi connectivity index (χ4n) is 2.61. The summed E-state index contributed by atoms with van der Waals surface area (Å²) in [4.78, 5) is 14.2. The van der Waals surface area contributed by atoms with E-state index in [4.69, 9.17) is 0 Å². The lowest BCUT2D eigenvalue weighted by molar-refractivity contribution is 0.0718. The molecule has 2 rings (SSSR count). The van der Waals surface area contributed by atoms with Crippen LogP contribution in [0.2, 0.25) is 0 Å². The first-order chi connectivity index (χ1) is 10.9. The fourth-order valence-corrected chi connectivity index (χ4v) is 4.03. The van der Waals surface area contributed by atoms with Crippen molar-refractivity contribution in [2.24, 2.45) is 0 Å². The maximum absolute atomic E-state index is 12.6. The van der Waals surface area contributed by atoms with Crippen LogP contribution in [-0.2, 0) is 10.0 Å². The van der Waals surface area contributed by atoms with Crippen LogP contribution in [0.4, 0.5) is 0 Å². The molecule has 1 saturated heterocycles. The average molecular weight is 339 g/mol. The van der Waals surface area contributed by atoms with Crippen molar-refractivity contribution in [1.82, 2.24) is 14.5 Å². The minimum absolute atomic E-state index is 0.0379. The molecule has 0 aromatic heterocycles. The van der Waals surface area contributed by atoms with Crippen LogP contribution < -0.4 is 5.32 Å². The SMILES string of the molecule is CC(C)N(CCS(=O)(=O)N1CCNCC1)C(=O)c1ccccc1. The molecule has 1 aliphatic heterocycles. The van der Waals surface area contributed by atoms with Gasteiger partial charge in [-0.2, -0.15) is 4.31 Å². The quantitative estimate of drug-likeness (QED) is 0.831. The molecule has 1 N–H and O–H groups in total. The second-order valence-corrected chi connectivity index (χ2v) is 8.01. The molecule has 0 aliphatic carbocycles. The number of piperazine rings is 1. The van der Waals surface area contributed by atoms with E-state index in [0.717, 1.165) is 0 Å².